The summed E-state index contributed by atoms with van der Waals surface area (Å²) in [5.41, 5.74) is 1.71. The SMILES string of the molecule is COc1ccc(/C=C/C(=O)N=c2sc3cc(OC)c(OC)cc3n2C)cc1OC. The fraction of sp³-hybridized carbons (Fsp3) is 0.238. The van der Waals surface area contributed by atoms with Crippen molar-refractivity contribution in [3.8, 4) is 23.0 Å². The van der Waals surface area contributed by atoms with Crippen LogP contribution < -0.4 is 23.7 Å². The lowest BCUT2D eigenvalue weighted by molar-refractivity contribution is -0.113. The molecule has 152 valence electrons. The molecule has 1 heterocycles. The number of aryl methyl sites for hydroxylation is 1. The second-order valence-corrected chi connectivity index (χ2v) is 7.03. The van der Waals surface area contributed by atoms with Crippen LogP contribution in [0.15, 0.2) is 41.4 Å². The van der Waals surface area contributed by atoms with Gasteiger partial charge in [0, 0.05) is 25.3 Å². The Balaban J connectivity index is 1.91. The molecule has 8 heteroatoms. The Morgan fingerprint density at radius 3 is 2.21 bits per heavy atom. The number of benzene rings is 2. The summed E-state index contributed by atoms with van der Waals surface area (Å²) in [6.07, 6.45) is 3.11. The van der Waals surface area contributed by atoms with E-state index in [1.807, 2.05) is 29.8 Å². The Labute approximate surface area is 172 Å². The first kappa shape index (κ1) is 20.5. The highest BCUT2D eigenvalue weighted by Crippen LogP contribution is 2.33. The first-order valence-electron chi connectivity index (χ1n) is 8.71. The van der Waals surface area contributed by atoms with Crippen molar-refractivity contribution in [1.82, 2.24) is 4.57 Å². The number of methoxy groups -OCH3 is 4. The number of ether oxygens (including phenoxy) is 4. The molecule has 0 saturated carbocycles. The first-order valence-corrected chi connectivity index (χ1v) is 9.52. The molecule has 0 N–H and O–H groups in total. The van der Waals surface area contributed by atoms with E-state index < -0.39 is 0 Å². The summed E-state index contributed by atoms with van der Waals surface area (Å²) in [6, 6.07) is 9.16. The molecule has 0 fully saturated rings. The van der Waals surface area contributed by atoms with Gasteiger partial charge in [-0.1, -0.05) is 17.4 Å². The number of thiazole rings is 1. The highest BCUT2D eigenvalue weighted by molar-refractivity contribution is 7.16. The fourth-order valence-electron chi connectivity index (χ4n) is 2.82. The Morgan fingerprint density at radius 1 is 0.931 bits per heavy atom. The van der Waals surface area contributed by atoms with Crippen molar-refractivity contribution in [2.45, 2.75) is 0 Å². The molecular formula is C21H22N2O5S. The lowest BCUT2D eigenvalue weighted by Crippen LogP contribution is -2.12. The van der Waals surface area contributed by atoms with E-state index in [2.05, 4.69) is 4.99 Å². The Kier molecular flexibility index (Phi) is 6.23. The van der Waals surface area contributed by atoms with E-state index in [1.54, 1.807) is 46.6 Å². The third-order valence-corrected chi connectivity index (χ3v) is 5.44. The molecular weight excluding hydrogens is 392 g/mol. The van der Waals surface area contributed by atoms with Gasteiger partial charge in [0.15, 0.2) is 27.8 Å². The van der Waals surface area contributed by atoms with Gasteiger partial charge in [-0.2, -0.15) is 4.99 Å². The minimum Gasteiger partial charge on any atom is -0.493 e. The van der Waals surface area contributed by atoms with Crippen LogP contribution in [-0.2, 0) is 11.8 Å². The molecule has 1 aromatic heterocycles. The minimum absolute atomic E-state index is 0.360. The number of hydrogen-bond acceptors (Lipinski definition) is 6. The van der Waals surface area contributed by atoms with Crippen LogP contribution in [0.3, 0.4) is 0 Å². The van der Waals surface area contributed by atoms with Crippen molar-refractivity contribution in [1.29, 1.82) is 0 Å². The van der Waals surface area contributed by atoms with E-state index in [4.69, 9.17) is 18.9 Å². The molecule has 0 radical (unpaired) electrons. The van der Waals surface area contributed by atoms with Crippen molar-refractivity contribution >= 4 is 33.5 Å². The number of amides is 1. The van der Waals surface area contributed by atoms with Gasteiger partial charge in [-0.15, -0.1) is 0 Å². The van der Waals surface area contributed by atoms with Crippen LogP contribution in [0.4, 0.5) is 0 Å². The Morgan fingerprint density at radius 2 is 1.55 bits per heavy atom. The summed E-state index contributed by atoms with van der Waals surface area (Å²) in [5, 5.41) is 0. The lowest BCUT2D eigenvalue weighted by Gasteiger charge is -2.07. The van der Waals surface area contributed by atoms with Gasteiger partial charge in [-0.25, -0.2) is 0 Å². The number of fused-ring (bicyclic) bond motifs is 1. The van der Waals surface area contributed by atoms with E-state index >= 15 is 0 Å². The Hall–Kier alpha value is -3.26. The highest BCUT2D eigenvalue weighted by atomic mass is 32.1. The molecule has 0 bridgehead atoms. The van der Waals surface area contributed by atoms with Gasteiger partial charge >= 0.3 is 0 Å². The van der Waals surface area contributed by atoms with Gasteiger partial charge in [-0.05, 0) is 23.8 Å². The average molecular weight is 414 g/mol. The molecule has 0 aliphatic carbocycles. The third-order valence-electron chi connectivity index (χ3n) is 4.35. The summed E-state index contributed by atoms with van der Waals surface area (Å²) in [6.45, 7) is 0. The highest BCUT2D eigenvalue weighted by Gasteiger charge is 2.11. The molecule has 3 aromatic rings. The van der Waals surface area contributed by atoms with Crippen molar-refractivity contribution in [3.05, 3.63) is 46.8 Å². The van der Waals surface area contributed by atoms with Crippen molar-refractivity contribution in [2.75, 3.05) is 28.4 Å². The molecule has 7 nitrogen and oxygen atoms in total. The Bertz CT molecular complexity index is 1140. The number of rotatable bonds is 6. The van der Waals surface area contributed by atoms with E-state index in [-0.39, 0.29) is 5.91 Å². The van der Waals surface area contributed by atoms with Crippen LogP contribution in [0.1, 0.15) is 5.56 Å². The molecule has 2 aromatic carbocycles. The van der Waals surface area contributed by atoms with Gasteiger partial charge in [-0.3, -0.25) is 4.79 Å². The van der Waals surface area contributed by atoms with E-state index in [0.717, 1.165) is 15.8 Å². The second kappa shape index (κ2) is 8.83. The molecule has 3 rings (SSSR count). The van der Waals surface area contributed by atoms with E-state index in [0.29, 0.717) is 27.8 Å². The monoisotopic (exact) mass is 414 g/mol. The number of carbonyl (C=O) groups excluding carboxylic acids is 1. The summed E-state index contributed by atoms with van der Waals surface area (Å²) in [5.74, 6) is 2.12. The number of nitrogens with zero attached hydrogens (tertiary/aromatic N) is 2. The maximum Gasteiger partial charge on any atom is 0.272 e. The second-order valence-electron chi connectivity index (χ2n) is 6.02. The predicted molar refractivity (Wildman–Crippen MR) is 113 cm³/mol. The van der Waals surface area contributed by atoms with Crippen molar-refractivity contribution in [3.63, 3.8) is 0 Å². The van der Waals surface area contributed by atoms with Gasteiger partial charge in [0.05, 0.1) is 38.7 Å². The van der Waals surface area contributed by atoms with Crippen LogP contribution in [-0.4, -0.2) is 38.9 Å². The van der Waals surface area contributed by atoms with Gasteiger partial charge in [0.25, 0.3) is 5.91 Å². The zero-order valence-electron chi connectivity index (χ0n) is 16.9. The number of carbonyl (C=O) groups is 1. The fourth-order valence-corrected chi connectivity index (χ4v) is 3.85. The predicted octanol–water partition coefficient (Wildman–Crippen LogP) is 3.41. The zero-order chi connectivity index (χ0) is 21.0. The van der Waals surface area contributed by atoms with Crippen molar-refractivity contribution in [2.24, 2.45) is 12.0 Å². The standard InChI is InChI=1S/C21H22N2O5S/c1-23-14-11-17(27-4)18(28-5)12-19(14)29-21(23)22-20(24)9-7-13-6-8-15(25-2)16(10-13)26-3/h6-12H,1-5H3/b9-7+,22-21?. The van der Waals surface area contributed by atoms with Gasteiger partial charge < -0.3 is 23.5 Å². The van der Waals surface area contributed by atoms with Crippen LogP contribution in [0.5, 0.6) is 23.0 Å². The topological polar surface area (TPSA) is 71.3 Å². The average Bonchev–Trinajstić information content (AvgIpc) is 3.05. The molecule has 0 aliphatic heterocycles. The molecule has 0 atom stereocenters. The number of aromatic nitrogens is 1. The van der Waals surface area contributed by atoms with Crippen LogP contribution in [0.25, 0.3) is 16.3 Å². The lowest BCUT2D eigenvalue weighted by atomic mass is 10.2. The summed E-state index contributed by atoms with van der Waals surface area (Å²) in [4.78, 5) is 17.2. The minimum atomic E-state index is -0.360. The molecule has 29 heavy (non-hydrogen) atoms. The smallest absolute Gasteiger partial charge is 0.272 e. The molecule has 0 spiro atoms. The van der Waals surface area contributed by atoms with Crippen LogP contribution in [0.2, 0.25) is 0 Å². The molecule has 1 amide bonds. The normalized spacial score (nSPS) is 11.8. The van der Waals surface area contributed by atoms with Crippen molar-refractivity contribution < 1.29 is 23.7 Å². The van der Waals surface area contributed by atoms with Gasteiger partial charge in [0.1, 0.15) is 0 Å². The van der Waals surface area contributed by atoms with E-state index in [9.17, 15) is 4.79 Å². The number of hydrogen-bond donors (Lipinski definition) is 0. The first-order chi connectivity index (χ1) is 14.0. The summed E-state index contributed by atoms with van der Waals surface area (Å²) in [7, 11) is 8.17. The molecule has 0 unspecified atom stereocenters. The largest absolute Gasteiger partial charge is 0.493 e. The maximum absolute atomic E-state index is 12.4. The van der Waals surface area contributed by atoms with Crippen LogP contribution >= 0.6 is 11.3 Å². The summed E-state index contributed by atoms with van der Waals surface area (Å²) < 4.78 is 24.0. The quantitative estimate of drug-likeness (QED) is 0.578. The molecule has 0 aliphatic rings. The molecule has 0 saturated heterocycles. The third kappa shape index (κ3) is 4.27. The summed E-state index contributed by atoms with van der Waals surface area (Å²) >= 11 is 1.40. The zero-order valence-corrected chi connectivity index (χ0v) is 17.7. The van der Waals surface area contributed by atoms with Gasteiger partial charge in [0.2, 0.25) is 0 Å². The van der Waals surface area contributed by atoms with Crippen LogP contribution in [0, 0.1) is 0 Å². The maximum atomic E-state index is 12.4. The van der Waals surface area contributed by atoms with E-state index in [1.165, 1.54) is 17.4 Å².